The van der Waals surface area contributed by atoms with Gasteiger partial charge in [0.1, 0.15) is 5.82 Å². The number of hydrogen-bond donors (Lipinski definition) is 0. The maximum absolute atomic E-state index is 13.5. The van der Waals surface area contributed by atoms with Gasteiger partial charge < -0.3 is 4.90 Å². The van der Waals surface area contributed by atoms with Gasteiger partial charge in [0.15, 0.2) is 0 Å². The number of halogens is 1. The van der Waals surface area contributed by atoms with Gasteiger partial charge >= 0.3 is 0 Å². The van der Waals surface area contributed by atoms with Crippen LogP contribution in [0.5, 0.6) is 0 Å². The number of carbonyl (C=O) groups excluding carboxylic acids is 1. The van der Waals surface area contributed by atoms with Crippen molar-refractivity contribution in [2.24, 2.45) is 5.41 Å². The summed E-state index contributed by atoms with van der Waals surface area (Å²) in [6.45, 7) is 3.08. The summed E-state index contributed by atoms with van der Waals surface area (Å²) in [5.74, 6) is -0.403. The van der Waals surface area contributed by atoms with E-state index in [-0.39, 0.29) is 23.6 Å². The van der Waals surface area contributed by atoms with Crippen molar-refractivity contribution in [1.82, 2.24) is 4.90 Å². The van der Waals surface area contributed by atoms with Crippen molar-refractivity contribution < 1.29 is 9.18 Å². The minimum Gasteiger partial charge on any atom is -0.342 e. The van der Waals surface area contributed by atoms with Crippen LogP contribution in [0.15, 0.2) is 24.3 Å². The Bertz CT molecular complexity index is 513. The van der Waals surface area contributed by atoms with Crippen molar-refractivity contribution in [3.05, 3.63) is 35.6 Å². The first kappa shape index (κ1) is 13.5. The summed E-state index contributed by atoms with van der Waals surface area (Å²) >= 11 is 0. The number of hydrogen-bond acceptors (Lipinski definition) is 2. The first-order valence-corrected chi connectivity index (χ1v) is 6.46. The second kappa shape index (κ2) is 5.40. The molecule has 1 amide bonds. The average molecular weight is 260 g/mol. The quantitative estimate of drug-likeness (QED) is 0.820. The Labute approximate surface area is 112 Å². The highest BCUT2D eigenvalue weighted by atomic mass is 19.1. The molecule has 0 N–H and O–H groups in total. The molecule has 2 rings (SSSR count). The fraction of sp³-hybridized carbons (Fsp3) is 0.467. The number of amides is 1. The number of nitriles is 1. The van der Waals surface area contributed by atoms with E-state index in [9.17, 15) is 9.18 Å². The van der Waals surface area contributed by atoms with Gasteiger partial charge in [0, 0.05) is 13.1 Å². The summed E-state index contributed by atoms with van der Waals surface area (Å²) in [4.78, 5) is 13.8. The van der Waals surface area contributed by atoms with Gasteiger partial charge in [-0.25, -0.2) is 4.39 Å². The number of nitrogens with zero attached hydrogens (tertiary/aromatic N) is 2. The normalized spacial score (nSPS) is 17.8. The second-order valence-electron chi connectivity index (χ2n) is 5.32. The van der Waals surface area contributed by atoms with E-state index in [0.29, 0.717) is 31.5 Å². The molecule has 4 heteroatoms. The number of benzene rings is 1. The maximum Gasteiger partial charge on any atom is 0.227 e. The van der Waals surface area contributed by atoms with Crippen molar-refractivity contribution in [2.45, 2.75) is 26.2 Å². The molecule has 0 atom stereocenters. The van der Waals surface area contributed by atoms with Crippen molar-refractivity contribution in [1.29, 1.82) is 5.26 Å². The average Bonchev–Trinajstić information content (AvgIpc) is 2.42. The van der Waals surface area contributed by atoms with E-state index in [1.807, 2.05) is 6.92 Å². The number of piperidine rings is 1. The molecule has 3 nitrogen and oxygen atoms in total. The molecule has 1 aliphatic heterocycles. The molecule has 0 spiro atoms. The molecule has 0 saturated carbocycles. The molecular weight excluding hydrogens is 243 g/mol. The standard InChI is InChI=1S/C15H17FN2O/c1-15(11-17)6-8-18(9-7-15)14(19)10-12-4-2-3-5-13(12)16/h2-5H,6-10H2,1H3. The van der Waals surface area contributed by atoms with E-state index >= 15 is 0 Å². The van der Waals surface area contributed by atoms with E-state index in [4.69, 9.17) is 5.26 Å². The molecule has 0 aliphatic carbocycles. The Balaban J connectivity index is 1.96. The van der Waals surface area contributed by atoms with Gasteiger partial charge in [-0.2, -0.15) is 5.26 Å². The maximum atomic E-state index is 13.5. The van der Waals surface area contributed by atoms with Crippen molar-refractivity contribution in [2.75, 3.05) is 13.1 Å². The highest BCUT2D eigenvalue weighted by molar-refractivity contribution is 5.79. The van der Waals surface area contributed by atoms with E-state index in [0.717, 1.165) is 0 Å². The summed E-state index contributed by atoms with van der Waals surface area (Å²) in [6.07, 6.45) is 1.47. The van der Waals surface area contributed by atoms with Crippen LogP contribution in [0.2, 0.25) is 0 Å². The van der Waals surface area contributed by atoms with Gasteiger partial charge in [0.25, 0.3) is 0 Å². The van der Waals surface area contributed by atoms with Crippen molar-refractivity contribution >= 4 is 5.91 Å². The Morgan fingerprint density at radius 1 is 1.42 bits per heavy atom. The summed E-state index contributed by atoms with van der Waals surface area (Å²) in [5, 5.41) is 9.04. The van der Waals surface area contributed by atoms with Gasteiger partial charge in [0.05, 0.1) is 17.9 Å². The van der Waals surface area contributed by atoms with E-state index < -0.39 is 0 Å². The molecule has 1 fully saturated rings. The highest BCUT2D eigenvalue weighted by Crippen LogP contribution is 2.29. The molecule has 1 heterocycles. The van der Waals surface area contributed by atoms with Crippen molar-refractivity contribution in [3.63, 3.8) is 0 Å². The zero-order valence-electron chi connectivity index (χ0n) is 11.0. The Morgan fingerprint density at radius 2 is 2.05 bits per heavy atom. The molecular formula is C15H17FN2O. The largest absolute Gasteiger partial charge is 0.342 e. The van der Waals surface area contributed by atoms with E-state index in [1.54, 1.807) is 23.1 Å². The fourth-order valence-electron chi connectivity index (χ4n) is 2.28. The number of likely N-dealkylation sites (tertiary alicyclic amines) is 1. The molecule has 100 valence electrons. The van der Waals surface area contributed by atoms with E-state index in [1.165, 1.54) is 6.07 Å². The Morgan fingerprint density at radius 3 is 2.63 bits per heavy atom. The zero-order chi connectivity index (χ0) is 13.9. The SMILES string of the molecule is CC1(C#N)CCN(C(=O)Cc2ccccc2F)CC1. The fourth-order valence-corrected chi connectivity index (χ4v) is 2.28. The van der Waals surface area contributed by atoms with Crippen LogP contribution in [0.1, 0.15) is 25.3 Å². The predicted molar refractivity (Wildman–Crippen MR) is 69.6 cm³/mol. The molecule has 19 heavy (non-hydrogen) atoms. The highest BCUT2D eigenvalue weighted by Gasteiger charge is 2.31. The number of carbonyl (C=O) groups is 1. The Hall–Kier alpha value is -1.89. The van der Waals surface area contributed by atoms with Gasteiger partial charge in [-0.15, -0.1) is 0 Å². The molecule has 0 radical (unpaired) electrons. The van der Waals surface area contributed by atoms with E-state index in [2.05, 4.69) is 6.07 Å². The first-order chi connectivity index (χ1) is 9.04. The van der Waals surface area contributed by atoms with Crippen LogP contribution in [0, 0.1) is 22.6 Å². The lowest BCUT2D eigenvalue weighted by Gasteiger charge is -2.35. The third kappa shape index (κ3) is 3.11. The topological polar surface area (TPSA) is 44.1 Å². The van der Waals surface area contributed by atoms with Crippen LogP contribution in [0.25, 0.3) is 0 Å². The molecule has 1 saturated heterocycles. The summed E-state index contributed by atoms with van der Waals surface area (Å²) in [5.41, 5.74) is 0.107. The molecule has 0 aromatic heterocycles. The van der Waals surface area contributed by atoms with Crippen LogP contribution < -0.4 is 0 Å². The lowest BCUT2D eigenvalue weighted by atomic mass is 9.82. The summed E-state index contributed by atoms with van der Waals surface area (Å²) < 4.78 is 13.5. The lowest BCUT2D eigenvalue weighted by molar-refractivity contribution is -0.132. The summed E-state index contributed by atoms with van der Waals surface area (Å²) in [7, 11) is 0. The lowest BCUT2D eigenvalue weighted by Crippen LogP contribution is -2.42. The van der Waals surface area contributed by atoms with Crippen LogP contribution in [0.4, 0.5) is 4.39 Å². The van der Waals surface area contributed by atoms with Gasteiger partial charge in [-0.1, -0.05) is 18.2 Å². The molecule has 1 aromatic rings. The second-order valence-corrected chi connectivity index (χ2v) is 5.32. The minimum absolute atomic E-state index is 0.0647. The predicted octanol–water partition coefficient (Wildman–Crippen LogP) is 2.52. The van der Waals surface area contributed by atoms with Crippen LogP contribution in [-0.4, -0.2) is 23.9 Å². The molecule has 1 aromatic carbocycles. The smallest absolute Gasteiger partial charge is 0.227 e. The first-order valence-electron chi connectivity index (χ1n) is 6.46. The van der Waals surface area contributed by atoms with Gasteiger partial charge in [-0.05, 0) is 31.4 Å². The van der Waals surface area contributed by atoms with Crippen LogP contribution in [-0.2, 0) is 11.2 Å². The monoisotopic (exact) mass is 260 g/mol. The van der Waals surface area contributed by atoms with Crippen molar-refractivity contribution in [3.8, 4) is 6.07 Å². The van der Waals surface area contributed by atoms with Gasteiger partial charge in [0.2, 0.25) is 5.91 Å². The summed E-state index contributed by atoms with van der Waals surface area (Å²) in [6, 6.07) is 8.65. The van der Waals surface area contributed by atoms with Crippen LogP contribution >= 0.6 is 0 Å². The van der Waals surface area contributed by atoms with Gasteiger partial charge in [-0.3, -0.25) is 4.79 Å². The zero-order valence-corrected chi connectivity index (χ0v) is 11.0. The third-order valence-electron chi connectivity index (χ3n) is 3.79. The number of rotatable bonds is 2. The van der Waals surface area contributed by atoms with Crippen LogP contribution in [0.3, 0.4) is 0 Å². The molecule has 0 unspecified atom stereocenters. The minimum atomic E-state index is -0.338. The Kier molecular flexibility index (Phi) is 3.84. The third-order valence-corrected chi connectivity index (χ3v) is 3.79. The molecule has 0 bridgehead atoms. The molecule has 1 aliphatic rings.